The van der Waals surface area contributed by atoms with E-state index in [0.717, 1.165) is 5.56 Å². The minimum Gasteiger partial charge on any atom is -0.540 e. The first-order valence-electron chi connectivity index (χ1n) is 3.87. The van der Waals surface area contributed by atoms with Gasteiger partial charge in [-0.1, -0.05) is 30.3 Å². The van der Waals surface area contributed by atoms with E-state index in [2.05, 4.69) is 4.84 Å². The van der Waals surface area contributed by atoms with Crippen molar-refractivity contribution >= 4 is 11.9 Å². The summed E-state index contributed by atoms with van der Waals surface area (Å²) in [4.78, 5) is 25.0. The maximum Gasteiger partial charge on any atom is 1.00 e. The predicted octanol–water partition coefficient (Wildman–Crippen LogP) is -4.01. The van der Waals surface area contributed by atoms with Gasteiger partial charge >= 0.3 is 29.6 Å². The summed E-state index contributed by atoms with van der Waals surface area (Å²) in [5.74, 6) is -3.11. The van der Waals surface area contributed by atoms with E-state index in [4.69, 9.17) is 0 Å². The van der Waals surface area contributed by atoms with Crippen LogP contribution in [-0.4, -0.2) is 11.9 Å². The zero-order chi connectivity index (χ0) is 10.4. The molecule has 1 aromatic rings. The Morgan fingerprint density at radius 1 is 1.27 bits per heavy atom. The quantitative estimate of drug-likeness (QED) is 0.318. The molecule has 0 aliphatic carbocycles. The summed E-state index contributed by atoms with van der Waals surface area (Å²) in [5, 5.41) is 9.94. The second-order valence-electron chi connectivity index (χ2n) is 2.49. The van der Waals surface area contributed by atoms with E-state index in [1.54, 1.807) is 29.7 Å². The number of carboxylic acids is 1. The number of hydrogen-bond donors (Lipinski definition) is 1. The third kappa shape index (κ3) is 5.54. The number of hydroxylamine groups is 1. The topological polar surface area (TPSA) is 78.5 Å². The molecule has 1 N–H and O–H groups in total. The number of benzene rings is 1. The molecule has 15 heavy (non-hydrogen) atoms. The van der Waals surface area contributed by atoms with Crippen molar-refractivity contribution in [1.29, 1.82) is 0 Å². The summed E-state index contributed by atoms with van der Waals surface area (Å²) in [7, 11) is 0. The molecule has 6 heteroatoms. The summed E-state index contributed by atoms with van der Waals surface area (Å²) in [6.07, 6.45) is 0. The maximum absolute atomic E-state index is 10.4. The van der Waals surface area contributed by atoms with Gasteiger partial charge < -0.3 is 9.90 Å². The molecule has 0 aliphatic rings. The van der Waals surface area contributed by atoms with Crippen molar-refractivity contribution in [2.24, 2.45) is 0 Å². The number of carbonyl (C=O) groups excluding carboxylic acids is 2. The number of hydrogen-bond acceptors (Lipinski definition) is 4. The smallest absolute Gasteiger partial charge is 0.540 e. The monoisotopic (exact) mass is 217 g/mol. The summed E-state index contributed by atoms with van der Waals surface area (Å²) in [6, 6.07) is 9.01. The number of carboxylic acid groups (broad SMARTS) is 1. The summed E-state index contributed by atoms with van der Waals surface area (Å²) in [6.45, 7) is 0.111. The van der Waals surface area contributed by atoms with Crippen LogP contribution in [0.3, 0.4) is 0 Å². The molecular formula is C9H8NNaO4. The van der Waals surface area contributed by atoms with E-state index in [1.165, 1.54) is 0 Å². The van der Waals surface area contributed by atoms with Crippen molar-refractivity contribution in [2.45, 2.75) is 6.61 Å². The fourth-order valence-corrected chi connectivity index (χ4v) is 0.801. The van der Waals surface area contributed by atoms with Gasteiger partial charge in [-0.2, -0.15) is 0 Å². The molecule has 1 rings (SSSR count). The minimum absolute atomic E-state index is 0. The first-order valence-corrected chi connectivity index (χ1v) is 3.87. The predicted molar refractivity (Wildman–Crippen MR) is 44.4 cm³/mol. The Morgan fingerprint density at radius 2 is 1.87 bits per heavy atom. The SMILES string of the molecule is O=C([O-])C(=O)NOCc1ccccc1.[Na+]. The molecule has 0 radical (unpaired) electrons. The number of rotatable bonds is 3. The van der Waals surface area contributed by atoms with Crippen LogP contribution in [0.15, 0.2) is 30.3 Å². The molecule has 74 valence electrons. The Morgan fingerprint density at radius 3 is 2.40 bits per heavy atom. The van der Waals surface area contributed by atoms with Gasteiger partial charge in [0.2, 0.25) is 0 Å². The van der Waals surface area contributed by atoms with E-state index in [-0.39, 0.29) is 36.2 Å². The van der Waals surface area contributed by atoms with Crippen LogP contribution in [-0.2, 0) is 21.0 Å². The second-order valence-corrected chi connectivity index (χ2v) is 2.49. The number of amides is 1. The third-order valence-electron chi connectivity index (χ3n) is 1.43. The van der Waals surface area contributed by atoms with E-state index >= 15 is 0 Å². The number of aliphatic carboxylic acids is 1. The molecule has 0 aliphatic heterocycles. The van der Waals surface area contributed by atoms with E-state index < -0.39 is 11.9 Å². The molecule has 0 spiro atoms. The van der Waals surface area contributed by atoms with Crippen molar-refractivity contribution in [2.75, 3.05) is 0 Å². The first-order chi connectivity index (χ1) is 6.70. The van der Waals surface area contributed by atoms with Crippen LogP contribution < -0.4 is 40.1 Å². The molecule has 0 saturated carbocycles. The van der Waals surface area contributed by atoms with Gasteiger partial charge in [0.15, 0.2) is 0 Å². The van der Waals surface area contributed by atoms with Crippen molar-refractivity contribution in [3.8, 4) is 0 Å². The van der Waals surface area contributed by atoms with Crippen molar-refractivity contribution in [3.05, 3.63) is 35.9 Å². The van der Waals surface area contributed by atoms with Crippen molar-refractivity contribution < 1.29 is 49.1 Å². The van der Waals surface area contributed by atoms with Crippen LogP contribution >= 0.6 is 0 Å². The first kappa shape index (κ1) is 14.1. The molecule has 1 aromatic carbocycles. The molecule has 0 bridgehead atoms. The van der Waals surface area contributed by atoms with Gasteiger partial charge in [-0.15, -0.1) is 0 Å². The van der Waals surface area contributed by atoms with Gasteiger partial charge in [0, 0.05) is 0 Å². The molecule has 0 unspecified atom stereocenters. The Hall–Kier alpha value is -0.880. The zero-order valence-corrected chi connectivity index (χ0v) is 10.2. The van der Waals surface area contributed by atoms with Crippen molar-refractivity contribution in [3.63, 3.8) is 0 Å². The number of nitrogens with one attached hydrogen (secondary N) is 1. The van der Waals surface area contributed by atoms with E-state index in [9.17, 15) is 14.7 Å². The van der Waals surface area contributed by atoms with E-state index in [1.807, 2.05) is 6.07 Å². The zero-order valence-electron chi connectivity index (χ0n) is 8.23. The molecule has 0 fully saturated rings. The Kier molecular flexibility index (Phi) is 6.98. The van der Waals surface area contributed by atoms with Crippen LogP contribution in [0.25, 0.3) is 0 Å². The summed E-state index contributed by atoms with van der Waals surface area (Å²) < 4.78 is 0. The third-order valence-corrected chi connectivity index (χ3v) is 1.43. The fraction of sp³-hybridized carbons (Fsp3) is 0.111. The molecule has 1 amide bonds. The maximum atomic E-state index is 10.4. The van der Waals surface area contributed by atoms with Gasteiger partial charge in [-0.05, 0) is 5.56 Å². The normalized spacial score (nSPS) is 8.80. The van der Waals surface area contributed by atoms with Gasteiger partial charge in [0.25, 0.3) is 5.91 Å². The molecule has 0 saturated heterocycles. The average molecular weight is 217 g/mol. The standard InChI is InChI=1S/C9H9NO4.Na/c11-8(9(12)13)10-14-6-7-4-2-1-3-5-7;/h1-5H,6H2,(H,10,11)(H,12,13);/q;+1/p-1. The molecule has 5 nitrogen and oxygen atoms in total. The van der Waals surface area contributed by atoms with Crippen LogP contribution in [0.4, 0.5) is 0 Å². The van der Waals surface area contributed by atoms with Crippen LogP contribution in [0.5, 0.6) is 0 Å². The van der Waals surface area contributed by atoms with Crippen molar-refractivity contribution in [1.82, 2.24) is 5.48 Å². The molecular weight excluding hydrogens is 209 g/mol. The fourth-order valence-electron chi connectivity index (χ4n) is 0.801. The number of carbonyl (C=O) groups is 2. The Balaban J connectivity index is 0.00000196. The van der Waals surface area contributed by atoms with Gasteiger partial charge in [-0.3, -0.25) is 9.63 Å². The molecule has 0 atom stereocenters. The van der Waals surface area contributed by atoms with Crippen LogP contribution in [0.2, 0.25) is 0 Å². The second kappa shape index (κ2) is 7.42. The van der Waals surface area contributed by atoms with E-state index in [0.29, 0.717) is 0 Å². The van der Waals surface area contributed by atoms with Gasteiger partial charge in [0.05, 0.1) is 6.61 Å². The Labute approximate surface area is 109 Å². The minimum atomic E-state index is -1.82. The van der Waals surface area contributed by atoms with Gasteiger partial charge in [0.1, 0.15) is 5.97 Å². The van der Waals surface area contributed by atoms with Crippen LogP contribution in [0.1, 0.15) is 5.56 Å². The molecule has 0 heterocycles. The average Bonchev–Trinajstić information content (AvgIpc) is 2.19. The van der Waals surface area contributed by atoms with Gasteiger partial charge in [-0.25, -0.2) is 5.48 Å². The molecule has 0 aromatic heterocycles. The largest absolute Gasteiger partial charge is 1.00 e. The summed E-state index contributed by atoms with van der Waals surface area (Å²) in [5.41, 5.74) is 2.55. The summed E-state index contributed by atoms with van der Waals surface area (Å²) >= 11 is 0. The Bertz CT molecular complexity index is 328. The van der Waals surface area contributed by atoms with Crippen LogP contribution in [0, 0.1) is 0 Å².